The van der Waals surface area contributed by atoms with Crippen LogP contribution in [-0.4, -0.2) is 10.5 Å². The summed E-state index contributed by atoms with van der Waals surface area (Å²) < 4.78 is 1.67. The quantitative estimate of drug-likeness (QED) is 0.684. The van der Waals surface area contributed by atoms with Gasteiger partial charge in [-0.2, -0.15) is 0 Å². The van der Waals surface area contributed by atoms with E-state index in [9.17, 15) is 9.59 Å². The van der Waals surface area contributed by atoms with Crippen molar-refractivity contribution in [3.8, 4) is 0 Å². The maximum atomic E-state index is 11.0. The number of nitrogen functional groups attached to an aromatic ring is 1. The van der Waals surface area contributed by atoms with Gasteiger partial charge in [0, 0.05) is 25.0 Å². The van der Waals surface area contributed by atoms with E-state index in [1.165, 1.54) is 12.3 Å². The number of rotatable bonds is 3. The summed E-state index contributed by atoms with van der Waals surface area (Å²) in [5, 5.41) is 0. The van der Waals surface area contributed by atoms with E-state index in [-0.39, 0.29) is 22.9 Å². The Bertz CT molecular complexity index is 397. The van der Waals surface area contributed by atoms with Gasteiger partial charge in [0.25, 0.3) is 0 Å². The Labute approximate surface area is 81.3 Å². The number of anilines is 1. The average molecular weight is 195 g/mol. The molecule has 76 valence electrons. The zero-order valence-electron chi connectivity index (χ0n) is 7.93. The van der Waals surface area contributed by atoms with Gasteiger partial charge in [-0.1, -0.05) is 6.92 Å². The van der Waals surface area contributed by atoms with Crippen molar-refractivity contribution < 1.29 is 4.79 Å². The number of hydrogen-bond acceptors (Lipinski definition) is 3. The molecule has 0 saturated heterocycles. The van der Waals surface area contributed by atoms with Gasteiger partial charge in [-0.15, -0.1) is 0 Å². The zero-order chi connectivity index (χ0) is 10.7. The molecule has 0 saturated carbocycles. The van der Waals surface area contributed by atoms with E-state index in [1.54, 1.807) is 17.7 Å². The molecule has 1 aromatic rings. The van der Waals surface area contributed by atoms with Crippen LogP contribution in [0.1, 0.15) is 6.92 Å². The first-order valence-corrected chi connectivity index (χ1v) is 4.25. The Kier molecular flexibility index (Phi) is 2.91. The molecule has 4 N–H and O–H groups in total. The monoisotopic (exact) mass is 195 g/mol. The second-order valence-electron chi connectivity index (χ2n) is 3.26. The van der Waals surface area contributed by atoms with Crippen LogP contribution in [0.3, 0.4) is 0 Å². The Morgan fingerprint density at radius 2 is 2.29 bits per heavy atom. The number of nitrogens with zero attached hydrogens (tertiary/aromatic N) is 1. The van der Waals surface area contributed by atoms with Gasteiger partial charge in [0.05, 0.1) is 11.6 Å². The number of aromatic nitrogens is 1. The average Bonchev–Trinajstić information content (AvgIpc) is 2.11. The number of pyridine rings is 1. The molecule has 0 aliphatic carbocycles. The van der Waals surface area contributed by atoms with E-state index in [0.717, 1.165) is 0 Å². The highest BCUT2D eigenvalue weighted by molar-refractivity contribution is 5.76. The van der Waals surface area contributed by atoms with Crippen LogP contribution in [0.4, 0.5) is 5.69 Å². The molecule has 1 aromatic heterocycles. The molecule has 0 bridgehead atoms. The van der Waals surface area contributed by atoms with Crippen molar-refractivity contribution in [2.75, 3.05) is 5.73 Å². The maximum Gasteiger partial charge on any atom is 0.222 e. The van der Waals surface area contributed by atoms with E-state index >= 15 is 0 Å². The molecule has 1 amide bonds. The predicted octanol–water partition coefficient (Wildman–Crippen LogP) is -0.448. The van der Waals surface area contributed by atoms with E-state index in [4.69, 9.17) is 11.5 Å². The first kappa shape index (κ1) is 10.3. The molecule has 0 radical (unpaired) electrons. The number of carbonyl (C=O) groups excluding carboxylic acids is 1. The summed E-state index contributed by atoms with van der Waals surface area (Å²) in [6.07, 6.45) is 3.08. The molecule has 0 aromatic carbocycles. The Hall–Kier alpha value is -1.78. The fourth-order valence-corrected chi connectivity index (χ4v) is 1.06. The number of hydrogen-bond donors (Lipinski definition) is 2. The van der Waals surface area contributed by atoms with Crippen molar-refractivity contribution in [3.05, 3.63) is 28.7 Å². The minimum atomic E-state index is -0.373. The van der Waals surface area contributed by atoms with Gasteiger partial charge in [-0.3, -0.25) is 9.59 Å². The standard InChI is InChI=1S/C9H13N3O2/c1-6(9(11)14)4-12-3-2-8(13)7(10)5-12/h2-3,5-6H,4,10H2,1H3,(H2,11,14). The number of carbonyl (C=O) groups is 1. The highest BCUT2D eigenvalue weighted by atomic mass is 16.1. The van der Waals surface area contributed by atoms with E-state index in [0.29, 0.717) is 6.54 Å². The van der Waals surface area contributed by atoms with Crippen molar-refractivity contribution in [2.24, 2.45) is 11.7 Å². The maximum absolute atomic E-state index is 11.0. The van der Waals surface area contributed by atoms with Crippen LogP contribution in [0, 0.1) is 5.92 Å². The summed E-state index contributed by atoms with van der Waals surface area (Å²) in [6.45, 7) is 2.15. The minimum absolute atomic E-state index is 0.171. The predicted molar refractivity (Wildman–Crippen MR) is 53.5 cm³/mol. The van der Waals surface area contributed by atoms with Crippen molar-refractivity contribution in [1.29, 1.82) is 0 Å². The molecule has 0 aliphatic heterocycles. The smallest absolute Gasteiger partial charge is 0.222 e. The summed E-state index contributed by atoms with van der Waals surface area (Å²) in [7, 11) is 0. The van der Waals surface area contributed by atoms with Crippen LogP contribution in [-0.2, 0) is 11.3 Å². The lowest BCUT2D eigenvalue weighted by Gasteiger charge is -2.10. The van der Waals surface area contributed by atoms with E-state index < -0.39 is 0 Å². The minimum Gasteiger partial charge on any atom is -0.394 e. The van der Waals surface area contributed by atoms with Crippen molar-refractivity contribution in [2.45, 2.75) is 13.5 Å². The van der Waals surface area contributed by atoms with Crippen molar-refractivity contribution in [1.82, 2.24) is 4.57 Å². The topological polar surface area (TPSA) is 91.1 Å². The summed E-state index contributed by atoms with van der Waals surface area (Å²) >= 11 is 0. The van der Waals surface area contributed by atoms with Crippen molar-refractivity contribution in [3.63, 3.8) is 0 Å². The van der Waals surface area contributed by atoms with Gasteiger partial charge in [-0.05, 0) is 0 Å². The summed E-state index contributed by atoms with van der Waals surface area (Å²) in [5.41, 5.74) is 10.5. The molecule has 0 aliphatic rings. The fraction of sp³-hybridized carbons (Fsp3) is 0.333. The molecule has 1 atom stereocenters. The molecule has 1 rings (SSSR count). The van der Waals surface area contributed by atoms with Gasteiger partial charge in [-0.25, -0.2) is 0 Å². The molecular formula is C9H13N3O2. The lowest BCUT2D eigenvalue weighted by atomic mass is 10.1. The van der Waals surface area contributed by atoms with Crippen LogP contribution in [0.2, 0.25) is 0 Å². The highest BCUT2D eigenvalue weighted by Crippen LogP contribution is 2.00. The largest absolute Gasteiger partial charge is 0.394 e. The number of amides is 1. The van der Waals surface area contributed by atoms with Crippen LogP contribution in [0.15, 0.2) is 23.3 Å². The third-order valence-corrected chi connectivity index (χ3v) is 1.98. The van der Waals surface area contributed by atoms with E-state index in [2.05, 4.69) is 0 Å². The number of nitrogens with two attached hydrogens (primary N) is 2. The number of primary amides is 1. The van der Waals surface area contributed by atoms with Crippen molar-refractivity contribution >= 4 is 11.6 Å². The summed E-state index contributed by atoms with van der Waals surface area (Å²) in [5.74, 6) is -0.654. The van der Waals surface area contributed by atoms with Gasteiger partial charge in [0.15, 0.2) is 0 Å². The Morgan fingerprint density at radius 3 is 2.79 bits per heavy atom. The second-order valence-corrected chi connectivity index (χ2v) is 3.26. The summed E-state index contributed by atoms with van der Waals surface area (Å²) in [6, 6.07) is 1.36. The lowest BCUT2D eigenvalue weighted by molar-refractivity contribution is -0.121. The molecule has 0 spiro atoms. The van der Waals surface area contributed by atoms with Gasteiger partial charge >= 0.3 is 0 Å². The van der Waals surface area contributed by atoms with Crippen LogP contribution in [0.5, 0.6) is 0 Å². The Balaban J connectivity index is 2.83. The fourth-order valence-electron chi connectivity index (χ4n) is 1.06. The zero-order valence-corrected chi connectivity index (χ0v) is 7.93. The molecule has 5 nitrogen and oxygen atoms in total. The van der Waals surface area contributed by atoms with Gasteiger partial charge in [0.2, 0.25) is 11.3 Å². The SMILES string of the molecule is CC(Cn1ccc(=O)c(N)c1)C(N)=O. The first-order valence-electron chi connectivity index (χ1n) is 4.25. The van der Waals surface area contributed by atoms with E-state index in [1.807, 2.05) is 0 Å². The third-order valence-electron chi connectivity index (χ3n) is 1.98. The van der Waals surface area contributed by atoms with Crippen LogP contribution < -0.4 is 16.9 Å². The molecule has 0 fully saturated rings. The molecular weight excluding hydrogens is 182 g/mol. The van der Waals surface area contributed by atoms with Gasteiger partial charge in [0.1, 0.15) is 0 Å². The third kappa shape index (κ3) is 2.35. The highest BCUT2D eigenvalue weighted by Gasteiger charge is 2.08. The first-order chi connectivity index (χ1) is 6.50. The second kappa shape index (κ2) is 3.95. The van der Waals surface area contributed by atoms with Crippen LogP contribution in [0.25, 0.3) is 0 Å². The van der Waals surface area contributed by atoms with Crippen LogP contribution >= 0.6 is 0 Å². The molecule has 1 heterocycles. The Morgan fingerprint density at radius 1 is 1.64 bits per heavy atom. The molecule has 1 unspecified atom stereocenters. The summed E-state index contributed by atoms with van der Waals surface area (Å²) in [4.78, 5) is 21.7. The van der Waals surface area contributed by atoms with Gasteiger partial charge < -0.3 is 16.0 Å². The normalized spacial score (nSPS) is 12.4. The molecule has 14 heavy (non-hydrogen) atoms. The lowest BCUT2D eigenvalue weighted by Crippen LogP contribution is -2.25. The molecule has 5 heteroatoms.